The Kier molecular flexibility index (Phi) is 10.2. The first-order valence-corrected chi connectivity index (χ1v) is 12.2. The highest BCUT2D eigenvalue weighted by Crippen LogP contribution is 2.10. The van der Waals surface area contributed by atoms with Gasteiger partial charge in [0.25, 0.3) is 0 Å². The summed E-state index contributed by atoms with van der Waals surface area (Å²) in [5.41, 5.74) is 3.32. The molecule has 0 spiro atoms. The van der Waals surface area contributed by atoms with Crippen LogP contribution in [-0.4, -0.2) is 43.5 Å². The molecule has 2 N–H and O–H groups in total. The SMILES string of the molecule is CCNC(=NCc1cnn(Cc2ccccc2)c1)NCCc1ccc(S(C)(=O)=O)cc1.I. The second kappa shape index (κ2) is 12.6. The standard InChI is InChI=1S/C23H29N5O2S.HI/c1-3-24-23(25-14-13-19-9-11-22(12-10-19)31(2,29)30)26-15-21-16-27-28(18-21)17-20-7-5-4-6-8-20;/h4-12,16,18H,3,13-15,17H2,1-2H3,(H2,24,25,26);1H. The van der Waals surface area contributed by atoms with Gasteiger partial charge < -0.3 is 10.6 Å². The topological polar surface area (TPSA) is 88.4 Å². The number of benzene rings is 2. The number of sulfone groups is 1. The minimum atomic E-state index is -3.16. The number of guanidine groups is 1. The lowest BCUT2D eigenvalue weighted by atomic mass is 10.1. The fourth-order valence-electron chi connectivity index (χ4n) is 3.09. The summed E-state index contributed by atoms with van der Waals surface area (Å²) < 4.78 is 25.0. The van der Waals surface area contributed by atoms with E-state index in [-0.39, 0.29) is 24.0 Å². The van der Waals surface area contributed by atoms with Crippen molar-refractivity contribution in [1.82, 2.24) is 20.4 Å². The van der Waals surface area contributed by atoms with Gasteiger partial charge in [0, 0.05) is 31.1 Å². The maximum Gasteiger partial charge on any atom is 0.191 e. The minimum absolute atomic E-state index is 0. The third-order valence-corrected chi connectivity index (χ3v) is 5.82. The summed E-state index contributed by atoms with van der Waals surface area (Å²) in [6.07, 6.45) is 5.85. The predicted molar refractivity (Wildman–Crippen MR) is 139 cm³/mol. The molecular formula is C23H30IN5O2S. The molecule has 0 aliphatic heterocycles. The van der Waals surface area contributed by atoms with Crippen LogP contribution in [0, 0.1) is 0 Å². The summed E-state index contributed by atoms with van der Waals surface area (Å²) in [6.45, 7) is 4.76. The minimum Gasteiger partial charge on any atom is -0.357 e. The average molecular weight is 567 g/mol. The number of hydrogen-bond acceptors (Lipinski definition) is 4. The normalized spacial score (nSPS) is 11.6. The first kappa shape index (κ1) is 25.9. The Morgan fingerprint density at radius 1 is 1.00 bits per heavy atom. The van der Waals surface area contributed by atoms with Gasteiger partial charge in [0.05, 0.1) is 24.2 Å². The first-order valence-electron chi connectivity index (χ1n) is 10.3. The maximum absolute atomic E-state index is 11.6. The summed E-state index contributed by atoms with van der Waals surface area (Å²) in [4.78, 5) is 4.98. The third kappa shape index (κ3) is 8.27. The molecule has 1 heterocycles. The van der Waals surface area contributed by atoms with Gasteiger partial charge in [-0.05, 0) is 36.6 Å². The zero-order valence-electron chi connectivity index (χ0n) is 18.4. The lowest BCUT2D eigenvalue weighted by Gasteiger charge is -2.11. The number of halogens is 1. The molecular weight excluding hydrogens is 537 g/mol. The second-order valence-electron chi connectivity index (χ2n) is 7.32. The quantitative estimate of drug-likeness (QED) is 0.236. The molecule has 0 amide bonds. The highest BCUT2D eigenvalue weighted by Gasteiger charge is 2.06. The predicted octanol–water partition coefficient (Wildman–Crippen LogP) is 3.25. The van der Waals surface area contributed by atoms with Crippen LogP contribution in [0.4, 0.5) is 0 Å². The van der Waals surface area contributed by atoms with Gasteiger partial charge in [-0.25, -0.2) is 13.4 Å². The van der Waals surface area contributed by atoms with Crippen molar-refractivity contribution in [2.45, 2.75) is 31.3 Å². The molecule has 1 aromatic heterocycles. The van der Waals surface area contributed by atoms with Crippen LogP contribution in [0.3, 0.4) is 0 Å². The molecule has 0 unspecified atom stereocenters. The summed E-state index contributed by atoms with van der Waals surface area (Å²) in [7, 11) is -3.16. The summed E-state index contributed by atoms with van der Waals surface area (Å²) in [5.74, 6) is 0.742. The van der Waals surface area contributed by atoms with Gasteiger partial charge >= 0.3 is 0 Å². The van der Waals surface area contributed by atoms with Gasteiger partial charge in [0.2, 0.25) is 0 Å². The number of nitrogens with zero attached hydrogens (tertiary/aromatic N) is 3. The van der Waals surface area contributed by atoms with Gasteiger partial charge in [0.1, 0.15) is 0 Å². The molecule has 3 aromatic rings. The lowest BCUT2D eigenvalue weighted by molar-refractivity contribution is 0.602. The van der Waals surface area contributed by atoms with E-state index in [0.717, 1.165) is 36.6 Å². The molecule has 9 heteroatoms. The summed E-state index contributed by atoms with van der Waals surface area (Å²) in [5, 5.41) is 11.0. The van der Waals surface area contributed by atoms with Gasteiger partial charge in [0.15, 0.2) is 15.8 Å². The Bertz CT molecular complexity index is 1100. The first-order chi connectivity index (χ1) is 14.9. The molecule has 0 saturated heterocycles. The zero-order valence-corrected chi connectivity index (χ0v) is 21.5. The van der Waals surface area contributed by atoms with E-state index in [1.54, 1.807) is 12.1 Å². The number of aliphatic imine (C=N–C) groups is 1. The van der Waals surface area contributed by atoms with Crippen LogP contribution in [0.25, 0.3) is 0 Å². The number of nitrogens with one attached hydrogen (secondary N) is 2. The van der Waals surface area contributed by atoms with E-state index >= 15 is 0 Å². The van der Waals surface area contributed by atoms with Crippen molar-refractivity contribution in [3.05, 3.63) is 83.7 Å². The van der Waals surface area contributed by atoms with E-state index in [0.29, 0.717) is 18.0 Å². The van der Waals surface area contributed by atoms with Gasteiger partial charge in [-0.2, -0.15) is 5.10 Å². The molecule has 0 atom stereocenters. The molecule has 7 nitrogen and oxygen atoms in total. The smallest absolute Gasteiger partial charge is 0.191 e. The van der Waals surface area contributed by atoms with Crippen LogP contribution >= 0.6 is 24.0 Å². The van der Waals surface area contributed by atoms with Gasteiger partial charge in [-0.15, -0.1) is 24.0 Å². The molecule has 172 valence electrons. The Balaban J connectivity index is 0.00000363. The molecule has 0 aliphatic carbocycles. The van der Waals surface area contributed by atoms with Gasteiger partial charge in [-0.3, -0.25) is 4.68 Å². The Morgan fingerprint density at radius 2 is 1.72 bits per heavy atom. The van der Waals surface area contributed by atoms with Crippen LogP contribution in [0.2, 0.25) is 0 Å². The monoisotopic (exact) mass is 567 g/mol. The highest BCUT2D eigenvalue weighted by atomic mass is 127. The molecule has 32 heavy (non-hydrogen) atoms. The summed E-state index contributed by atoms with van der Waals surface area (Å²) >= 11 is 0. The Morgan fingerprint density at radius 3 is 2.38 bits per heavy atom. The maximum atomic E-state index is 11.6. The van der Waals surface area contributed by atoms with E-state index < -0.39 is 9.84 Å². The summed E-state index contributed by atoms with van der Waals surface area (Å²) in [6, 6.07) is 17.2. The van der Waals surface area contributed by atoms with Crippen molar-refractivity contribution in [2.24, 2.45) is 4.99 Å². The van der Waals surface area contributed by atoms with E-state index in [1.165, 1.54) is 11.8 Å². The number of rotatable bonds is 9. The van der Waals surface area contributed by atoms with Crippen molar-refractivity contribution < 1.29 is 8.42 Å². The van der Waals surface area contributed by atoms with E-state index in [4.69, 9.17) is 0 Å². The van der Waals surface area contributed by atoms with E-state index in [9.17, 15) is 8.42 Å². The van der Waals surface area contributed by atoms with Crippen LogP contribution in [0.15, 0.2) is 76.9 Å². The molecule has 3 rings (SSSR count). The van der Waals surface area contributed by atoms with Crippen LogP contribution in [0.1, 0.15) is 23.6 Å². The van der Waals surface area contributed by atoms with Crippen LogP contribution in [0.5, 0.6) is 0 Å². The second-order valence-corrected chi connectivity index (χ2v) is 9.34. The van der Waals surface area contributed by atoms with Crippen molar-refractivity contribution in [1.29, 1.82) is 0 Å². The number of hydrogen-bond donors (Lipinski definition) is 2. The van der Waals surface area contributed by atoms with E-state index in [1.807, 2.05) is 54.3 Å². The van der Waals surface area contributed by atoms with Crippen molar-refractivity contribution >= 4 is 39.8 Å². The molecule has 2 aromatic carbocycles. The lowest BCUT2D eigenvalue weighted by Crippen LogP contribution is -2.38. The Labute approximate surface area is 207 Å². The molecule has 0 radical (unpaired) electrons. The fraction of sp³-hybridized carbons (Fsp3) is 0.304. The largest absolute Gasteiger partial charge is 0.357 e. The van der Waals surface area contributed by atoms with Crippen LogP contribution in [-0.2, 0) is 29.3 Å². The Hall–Kier alpha value is -2.40. The zero-order chi connectivity index (χ0) is 22.1. The van der Waals surface area contributed by atoms with Crippen molar-refractivity contribution in [3.8, 4) is 0 Å². The molecule has 0 fully saturated rings. The van der Waals surface area contributed by atoms with Crippen molar-refractivity contribution in [2.75, 3.05) is 19.3 Å². The van der Waals surface area contributed by atoms with Crippen molar-refractivity contribution in [3.63, 3.8) is 0 Å². The molecule has 0 saturated carbocycles. The fourth-order valence-corrected chi connectivity index (χ4v) is 3.72. The molecule has 0 bridgehead atoms. The average Bonchev–Trinajstić information content (AvgIpc) is 3.20. The van der Waals surface area contributed by atoms with E-state index in [2.05, 4.69) is 32.9 Å². The highest BCUT2D eigenvalue weighted by molar-refractivity contribution is 14.0. The number of aromatic nitrogens is 2. The van der Waals surface area contributed by atoms with Gasteiger partial charge in [-0.1, -0.05) is 42.5 Å². The van der Waals surface area contributed by atoms with Crippen LogP contribution < -0.4 is 10.6 Å². The third-order valence-electron chi connectivity index (χ3n) is 4.70. The molecule has 0 aliphatic rings.